The molecule has 0 aliphatic carbocycles. The van der Waals surface area contributed by atoms with Gasteiger partial charge in [0.15, 0.2) is 0 Å². The zero-order valence-corrected chi connectivity index (χ0v) is 16.0. The number of hydrogen-bond donors (Lipinski definition) is 2. The van der Waals surface area contributed by atoms with E-state index in [-0.39, 0.29) is 11.6 Å². The van der Waals surface area contributed by atoms with Crippen LogP contribution in [0.3, 0.4) is 0 Å². The van der Waals surface area contributed by atoms with Crippen LogP contribution in [-0.4, -0.2) is 29.9 Å². The van der Waals surface area contributed by atoms with Crippen molar-refractivity contribution in [2.45, 2.75) is 12.5 Å². The van der Waals surface area contributed by atoms with Crippen molar-refractivity contribution in [3.63, 3.8) is 0 Å². The fraction of sp³-hybridized carbons (Fsp3) is 0.222. The Morgan fingerprint density at radius 3 is 2.52 bits per heavy atom. The van der Waals surface area contributed by atoms with Crippen LogP contribution in [0.5, 0.6) is 0 Å². The molecular formula is C18H18BrFN2O2S. The van der Waals surface area contributed by atoms with Crippen LogP contribution in [0.4, 0.5) is 10.1 Å². The Kier molecular flexibility index (Phi) is 7.46. The summed E-state index contributed by atoms with van der Waals surface area (Å²) in [6, 6.07) is 12.1. The Labute approximate surface area is 158 Å². The number of anilines is 1. The second kappa shape index (κ2) is 9.58. The molecule has 0 radical (unpaired) electrons. The van der Waals surface area contributed by atoms with Gasteiger partial charge in [-0.3, -0.25) is 9.59 Å². The zero-order chi connectivity index (χ0) is 18.2. The first-order chi connectivity index (χ1) is 12.0. The summed E-state index contributed by atoms with van der Waals surface area (Å²) < 4.78 is 14.4. The lowest BCUT2D eigenvalue weighted by atomic mass is 10.1. The summed E-state index contributed by atoms with van der Waals surface area (Å²) >= 11 is 4.89. The topological polar surface area (TPSA) is 58.2 Å². The van der Waals surface area contributed by atoms with Gasteiger partial charge in [-0.25, -0.2) is 4.39 Å². The van der Waals surface area contributed by atoms with E-state index in [2.05, 4.69) is 26.6 Å². The fourth-order valence-corrected chi connectivity index (χ4v) is 3.10. The van der Waals surface area contributed by atoms with Gasteiger partial charge in [0.2, 0.25) is 5.91 Å². The molecule has 1 unspecified atom stereocenters. The van der Waals surface area contributed by atoms with Crippen LogP contribution < -0.4 is 10.6 Å². The lowest BCUT2D eigenvalue weighted by Gasteiger charge is -2.19. The van der Waals surface area contributed by atoms with E-state index >= 15 is 0 Å². The van der Waals surface area contributed by atoms with Crippen molar-refractivity contribution in [2.24, 2.45) is 0 Å². The predicted molar refractivity (Wildman–Crippen MR) is 103 cm³/mol. The van der Waals surface area contributed by atoms with Crippen molar-refractivity contribution >= 4 is 45.2 Å². The third-order valence-corrected chi connectivity index (χ3v) is 4.82. The number of amides is 2. The molecule has 0 heterocycles. The quantitative estimate of drug-likeness (QED) is 0.703. The number of nitrogens with one attached hydrogen (secondary N) is 2. The Bertz CT molecular complexity index is 757. The molecule has 0 bridgehead atoms. The highest BCUT2D eigenvalue weighted by Crippen LogP contribution is 2.17. The van der Waals surface area contributed by atoms with Crippen LogP contribution in [0.1, 0.15) is 16.8 Å². The van der Waals surface area contributed by atoms with Gasteiger partial charge in [0, 0.05) is 4.47 Å². The number of rotatable bonds is 7. The molecule has 2 N–H and O–H groups in total. The van der Waals surface area contributed by atoms with Crippen molar-refractivity contribution in [1.29, 1.82) is 0 Å². The normalized spacial score (nSPS) is 11.6. The average Bonchev–Trinajstić information content (AvgIpc) is 2.60. The van der Waals surface area contributed by atoms with Crippen molar-refractivity contribution in [3.8, 4) is 0 Å². The lowest BCUT2D eigenvalue weighted by Crippen LogP contribution is -2.44. The molecule has 0 saturated heterocycles. The third-order valence-electron chi connectivity index (χ3n) is 3.48. The lowest BCUT2D eigenvalue weighted by molar-refractivity contribution is -0.118. The second-order valence-electron chi connectivity index (χ2n) is 5.26. The molecule has 7 heteroatoms. The fourth-order valence-electron chi connectivity index (χ4n) is 2.17. The largest absolute Gasteiger partial charge is 0.340 e. The van der Waals surface area contributed by atoms with E-state index in [1.807, 2.05) is 6.26 Å². The molecule has 2 aromatic carbocycles. The minimum Gasteiger partial charge on any atom is -0.340 e. The zero-order valence-electron chi connectivity index (χ0n) is 13.6. The van der Waals surface area contributed by atoms with Crippen LogP contribution in [0.15, 0.2) is 53.0 Å². The Morgan fingerprint density at radius 2 is 1.84 bits per heavy atom. The SMILES string of the molecule is CSCCC(NC(=O)c1ccccc1Br)C(=O)Nc1ccccc1F. The molecule has 2 amide bonds. The van der Waals surface area contributed by atoms with Gasteiger partial charge in [-0.2, -0.15) is 11.8 Å². The van der Waals surface area contributed by atoms with Crippen LogP contribution in [0.2, 0.25) is 0 Å². The molecule has 0 saturated carbocycles. The number of carbonyl (C=O) groups excluding carboxylic acids is 2. The maximum Gasteiger partial charge on any atom is 0.253 e. The Morgan fingerprint density at radius 1 is 1.16 bits per heavy atom. The highest BCUT2D eigenvalue weighted by atomic mass is 79.9. The molecule has 4 nitrogen and oxygen atoms in total. The van der Waals surface area contributed by atoms with Crippen molar-refractivity contribution in [1.82, 2.24) is 5.32 Å². The number of para-hydroxylation sites is 1. The van der Waals surface area contributed by atoms with E-state index < -0.39 is 17.8 Å². The molecule has 0 aliphatic heterocycles. The highest BCUT2D eigenvalue weighted by Gasteiger charge is 2.22. The molecule has 132 valence electrons. The van der Waals surface area contributed by atoms with Crippen LogP contribution >= 0.6 is 27.7 Å². The molecule has 0 fully saturated rings. The van der Waals surface area contributed by atoms with Crippen molar-refractivity contribution in [3.05, 3.63) is 64.4 Å². The van der Waals surface area contributed by atoms with Crippen LogP contribution in [0.25, 0.3) is 0 Å². The Balaban J connectivity index is 2.12. The highest BCUT2D eigenvalue weighted by molar-refractivity contribution is 9.10. The summed E-state index contributed by atoms with van der Waals surface area (Å²) in [5.41, 5.74) is 0.534. The molecule has 1 atom stereocenters. The maximum absolute atomic E-state index is 13.7. The summed E-state index contributed by atoms with van der Waals surface area (Å²) in [4.78, 5) is 25.0. The first-order valence-electron chi connectivity index (χ1n) is 7.62. The van der Waals surface area contributed by atoms with Crippen molar-refractivity contribution < 1.29 is 14.0 Å². The predicted octanol–water partition coefficient (Wildman–Crippen LogP) is 4.08. The number of carbonyl (C=O) groups is 2. The molecule has 2 aromatic rings. The first kappa shape index (κ1) is 19.5. The van der Waals surface area contributed by atoms with Gasteiger partial charge < -0.3 is 10.6 Å². The number of halogens is 2. The van der Waals surface area contributed by atoms with Gasteiger partial charge in [-0.1, -0.05) is 24.3 Å². The van der Waals surface area contributed by atoms with E-state index in [0.717, 1.165) is 0 Å². The van der Waals surface area contributed by atoms with E-state index in [4.69, 9.17) is 0 Å². The molecule has 0 aliphatic rings. The van der Waals surface area contributed by atoms with E-state index in [1.165, 1.54) is 12.1 Å². The van der Waals surface area contributed by atoms with Gasteiger partial charge >= 0.3 is 0 Å². The number of thioether (sulfide) groups is 1. The van der Waals surface area contributed by atoms with E-state index in [1.54, 1.807) is 48.2 Å². The molecule has 25 heavy (non-hydrogen) atoms. The van der Waals surface area contributed by atoms with Crippen molar-refractivity contribution in [2.75, 3.05) is 17.3 Å². The van der Waals surface area contributed by atoms with Gasteiger partial charge in [-0.15, -0.1) is 0 Å². The maximum atomic E-state index is 13.7. The minimum atomic E-state index is -0.758. The molecular weight excluding hydrogens is 407 g/mol. The number of benzene rings is 2. The summed E-state index contributed by atoms with van der Waals surface area (Å²) in [7, 11) is 0. The summed E-state index contributed by atoms with van der Waals surface area (Å²) in [6.07, 6.45) is 2.36. The first-order valence-corrected chi connectivity index (χ1v) is 9.81. The Hall–Kier alpha value is -1.86. The van der Waals surface area contributed by atoms with Gasteiger partial charge in [0.1, 0.15) is 11.9 Å². The minimum absolute atomic E-state index is 0.0943. The smallest absolute Gasteiger partial charge is 0.253 e. The molecule has 2 rings (SSSR count). The van der Waals surface area contributed by atoms with Gasteiger partial charge in [0.05, 0.1) is 11.3 Å². The average molecular weight is 425 g/mol. The van der Waals surface area contributed by atoms with Gasteiger partial charge in [0.25, 0.3) is 5.91 Å². The van der Waals surface area contributed by atoms with Crippen LogP contribution in [-0.2, 0) is 4.79 Å². The van der Waals surface area contributed by atoms with Crippen LogP contribution in [0, 0.1) is 5.82 Å². The second-order valence-corrected chi connectivity index (χ2v) is 7.10. The van der Waals surface area contributed by atoms with E-state index in [0.29, 0.717) is 22.2 Å². The van der Waals surface area contributed by atoms with E-state index in [9.17, 15) is 14.0 Å². The third kappa shape index (κ3) is 5.57. The standard InChI is InChI=1S/C18H18BrFN2O2S/c1-25-11-10-16(18(24)21-15-9-5-4-8-14(15)20)22-17(23)12-6-2-3-7-13(12)19/h2-9,16H,10-11H2,1H3,(H,21,24)(H,22,23). The summed E-state index contributed by atoms with van der Waals surface area (Å²) in [5.74, 6) is -0.635. The monoisotopic (exact) mass is 424 g/mol. The van der Waals surface area contributed by atoms with Gasteiger partial charge in [-0.05, 0) is 58.6 Å². The molecule has 0 aromatic heterocycles. The molecule has 0 spiro atoms. The number of hydrogen-bond acceptors (Lipinski definition) is 3. The summed E-state index contributed by atoms with van der Waals surface area (Å²) in [6.45, 7) is 0. The summed E-state index contributed by atoms with van der Waals surface area (Å²) in [5, 5.41) is 5.27.